The molecule has 1 aromatic rings. The molecule has 9 heteroatoms. The fraction of sp³-hybridized carbons (Fsp3) is 0.526. The van der Waals surface area contributed by atoms with E-state index in [2.05, 4.69) is 5.32 Å². The van der Waals surface area contributed by atoms with E-state index in [0.717, 1.165) is 0 Å². The number of amides is 3. The summed E-state index contributed by atoms with van der Waals surface area (Å²) in [6.45, 7) is 5.39. The minimum atomic E-state index is -0.814. The summed E-state index contributed by atoms with van der Waals surface area (Å²) in [4.78, 5) is 40.0. The van der Waals surface area contributed by atoms with Crippen LogP contribution in [0.4, 0.5) is 4.79 Å². The van der Waals surface area contributed by atoms with E-state index in [1.807, 2.05) is 6.07 Å². The van der Waals surface area contributed by atoms with Gasteiger partial charge in [0.25, 0.3) is 5.91 Å². The molecule has 9 nitrogen and oxygen atoms in total. The Morgan fingerprint density at radius 1 is 1.14 bits per heavy atom. The zero-order valence-electron chi connectivity index (χ0n) is 16.1. The fourth-order valence-electron chi connectivity index (χ4n) is 3.11. The van der Waals surface area contributed by atoms with Crippen LogP contribution in [0.1, 0.15) is 13.8 Å². The molecule has 2 heterocycles. The lowest BCUT2D eigenvalue weighted by Crippen LogP contribution is -2.56. The molecule has 0 aromatic heterocycles. The zero-order valence-corrected chi connectivity index (χ0v) is 16.1. The van der Waals surface area contributed by atoms with Gasteiger partial charge in [-0.25, -0.2) is 4.79 Å². The van der Waals surface area contributed by atoms with Gasteiger partial charge in [-0.1, -0.05) is 12.1 Å². The largest absolute Gasteiger partial charge is 0.485 e. The van der Waals surface area contributed by atoms with Gasteiger partial charge >= 0.3 is 6.09 Å². The topological polar surface area (TPSA) is 97.4 Å². The molecule has 0 bridgehead atoms. The monoisotopic (exact) mass is 391 g/mol. The second-order valence-electron chi connectivity index (χ2n) is 6.61. The first-order chi connectivity index (χ1) is 13.5. The molecule has 2 aliphatic heterocycles. The number of hydrogen-bond acceptors (Lipinski definition) is 6. The van der Waals surface area contributed by atoms with Crippen LogP contribution in [-0.4, -0.2) is 79.2 Å². The number of ether oxygens (including phenoxy) is 3. The molecule has 1 aromatic carbocycles. The molecule has 0 unspecified atom stereocenters. The lowest BCUT2D eigenvalue weighted by Gasteiger charge is -2.35. The fourth-order valence-corrected chi connectivity index (χ4v) is 3.11. The molecule has 3 rings (SSSR count). The van der Waals surface area contributed by atoms with Crippen molar-refractivity contribution in [2.24, 2.45) is 0 Å². The average molecular weight is 391 g/mol. The third-order valence-corrected chi connectivity index (χ3v) is 4.65. The van der Waals surface area contributed by atoms with E-state index in [9.17, 15) is 14.4 Å². The lowest BCUT2D eigenvalue weighted by atomic mass is 10.2. The second-order valence-corrected chi connectivity index (χ2v) is 6.61. The third kappa shape index (κ3) is 4.47. The number of nitrogens with zero attached hydrogens (tertiary/aromatic N) is 2. The maximum atomic E-state index is 12.6. The summed E-state index contributed by atoms with van der Waals surface area (Å²) in [6.07, 6.45) is -1.18. The highest BCUT2D eigenvalue weighted by atomic mass is 16.6. The van der Waals surface area contributed by atoms with Gasteiger partial charge in [0.15, 0.2) is 11.5 Å². The summed E-state index contributed by atoms with van der Waals surface area (Å²) in [7, 11) is 0. The van der Waals surface area contributed by atoms with Crippen LogP contribution >= 0.6 is 0 Å². The molecule has 0 saturated carbocycles. The number of fused-ring (bicyclic) bond motifs is 1. The van der Waals surface area contributed by atoms with E-state index in [4.69, 9.17) is 14.2 Å². The first-order valence-corrected chi connectivity index (χ1v) is 9.39. The van der Waals surface area contributed by atoms with E-state index in [0.29, 0.717) is 44.3 Å². The summed E-state index contributed by atoms with van der Waals surface area (Å²) in [5.74, 6) is 0.493. The van der Waals surface area contributed by atoms with Crippen LogP contribution in [0.5, 0.6) is 11.5 Å². The molecule has 1 fully saturated rings. The molecule has 2 atom stereocenters. The van der Waals surface area contributed by atoms with Gasteiger partial charge in [0, 0.05) is 26.2 Å². The van der Waals surface area contributed by atoms with Crippen molar-refractivity contribution in [1.82, 2.24) is 15.1 Å². The third-order valence-electron chi connectivity index (χ3n) is 4.65. The Morgan fingerprint density at radius 2 is 1.79 bits per heavy atom. The Morgan fingerprint density at radius 3 is 2.46 bits per heavy atom. The van der Waals surface area contributed by atoms with E-state index in [1.54, 1.807) is 41.8 Å². The molecule has 0 aliphatic carbocycles. The molecular formula is C19H25N3O6. The van der Waals surface area contributed by atoms with Crippen LogP contribution in [0, 0.1) is 0 Å². The van der Waals surface area contributed by atoms with Crippen molar-refractivity contribution in [3.63, 3.8) is 0 Å². The predicted molar refractivity (Wildman–Crippen MR) is 99.1 cm³/mol. The predicted octanol–water partition coefficient (Wildman–Crippen LogP) is 0.632. The number of nitrogens with one attached hydrogen (secondary N) is 1. The van der Waals surface area contributed by atoms with Crippen molar-refractivity contribution in [3.8, 4) is 11.5 Å². The van der Waals surface area contributed by atoms with E-state index < -0.39 is 18.1 Å². The van der Waals surface area contributed by atoms with Gasteiger partial charge in [-0.05, 0) is 26.0 Å². The number of piperazine rings is 1. The SMILES string of the molecule is CCOC(=O)N1CCN(C(=O)[C@H](C)NC(=O)[C@H]2COc3ccccc3O2)CC1. The molecule has 0 radical (unpaired) electrons. The van der Waals surface area contributed by atoms with Crippen LogP contribution < -0.4 is 14.8 Å². The van der Waals surface area contributed by atoms with Gasteiger partial charge in [-0.2, -0.15) is 0 Å². The van der Waals surface area contributed by atoms with Gasteiger partial charge in [0.2, 0.25) is 12.0 Å². The first kappa shape index (κ1) is 19.8. The summed E-state index contributed by atoms with van der Waals surface area (Å²) < 4.78 is 16.2. The normalized spacial score (nSPS) is 19.6. The van der Waals surface area contributed by atoms with Crippen molar-refractivity contribution in [2.75, 3.05) is 39.4 Å². The highest BCUT2D eigenvalue weighted by molar-refractivity contribution is 5.89. The number of rotatable bonds is 4. The van der Waals surface area contributed by atoms with Crippen molar-refractivity contribution in [2.45, 2.75) is 26.0 Å². The molecule has 0 spiro atoms. The molecule has 3 amide bonds. The first-order valence-electron chi connectivity index (χ1n) is 9.39. The molecule has 152 valence electrons. The average Bonchev–Trinajstić information content (AvgIpc) is 2.73. The Balaban J connectivity index is 1.48. The Kier molecular flexibility index (Phi) is 6.23. The summed E-state index contributed by atoms with van der Waals surface area (Å²) in [5, 5.41) is 2.69. The summed E-state index contributed by atoms with van der Waals surface area (Å²) >= 11 is 0. The number of carbonyl (C=O) groups excluding carboxylic acids is 3. The summed E-state index contributed by atoms with van der Waals surface area (Å²) in [5.41, 5.74) is 0. The van der Waals surface area contributed by atoms with Crippen molar-refractivity contribution in [1.29, 1.82) is 0 Å². The minimum absolute atomic E-state index is 0.0853. The molecule has 1 saturated heterocycles. The van der Waals surface area contributed by atoms with Crippen molar-refractivity contribution < 1.29 is 28.6 Å². The Hall–Kier alpha value is -2.97. The van der Waals surface area contributed by atoms with E-state index >= 15 is 0 Å². The van der Waals surface area contributed by atoms with Gasteiger partial charge in [-0.15, -0.1) is 0 Å². The van der Waals surface area contributed by atoms with Crippen LogP contribution in [0.3, 0.4) is 0 Å². The zero-order chi connectivity index (χ0) is 20.1. The van der Waals surface area contributed by atoms with Crippen LogP contribution in [0.25, 0.3) is 0 Å². The van der Waals surface area contributed by atoms with Crippen LogP contribution in [0.2, 0.25) is 0 Å². The number of para-hydroxylation sites is 2. The van der Waals surface area contributed by atoms with Gasteiger partial charge in [0.05, 0.1) is 6.61 Å². The van der Waals surface area contributed by atoms with Crippen LogP contribution in [0.15, 0.2) is 24.3 Å². The quantitative estimate of drug-likeness (QED) is 0.809. The maximum Gasteiger partial charge on any atom is 0.409 e. The van der Waals surface area contributed by atoms with Crippen molar-refractivity contribution >= 4 is 17.9 Å². The number of hydrogen-bond donors (Lipinski definition) is 1. The Bertz CT molecular complexity index is 732. The maximum absolute atomic E-state index is 12.6. The van der Waals surface area contributed by atoms with E-state index in [-0.39, 0.29) is 18.6 Å². The highest BCUT2D eigenvalue weighted by Crippen LogP contribution is 2.30. The second kappa shape index (κ2) is 8.81. The molecule has 1 N–H and O–H groups in total. The van der Waals surface area contributed by atoms with E-state index in [1.165, 1.54) is 0 Å². The smallest absolute Gasteiger partial charge is 0.409 e. The van der Waals surface area contributed by atoms with Crippen LogP contribution in [-0.2, 0) is 14.3 Å². The summed E-state index contributed by atoms with van der Waals surface area (Å²) in [6, 6.07) is 6.41. The standard InChI is InChI=1S/C19H25N3O6/c1-3-26-19(25)22-10-8-21(9-11-22)18(24)13(2)20-17(23)16-12-27-14-6-4-5-7-15(14)28-16/h4-7,13,16H,3,8-12H2,1-2H3,(H,20,23)/t13-,16+/m0/s1. The Labute approximate surface area is 163 Å². The number of carbonyl (C=O) groups is 3. The van der Waals surface area contributed by atoms with Gasteiger partial charge < -0.3 is 29.3 Å². The molecule has 2 aliphatic rings. The minimum Gasteiger partial charge on any atom is -0.485 e. The van der Waals surface area contributed by atoms with Crippen molar-refractivity contribution in [3.05, 3.63) is 24.3 Å². The molecular weight excluding hydrogens is 366 g/mol. The van der Waals surface area contributed by atoms with Gasteiger partial charge in [0.1, 0.15) is 12.6 Å². The highest BCUT2D eigenvalue weighted by Gasteiger charge is 2.32. The number of benzene rings is 1. The van der Waals surface area contributed by atoms with Gasteiger partial charge in [-0.3, -0.25) is 9.59 Å². The molecule has 28 heavy (non-hydrogen) atoms. The lowest BCUT2D eigenvalue weighted by molar-refractivity contribution is -0.139.